The molecule has 1 amide bonds. The van der Waals surface area contributed by atoms with Gasteiger partial charge in [-0.1, -0.05) is 54.6 Å². The van der Waals surface area contributed by atoms with E-state index in [2.05, 4.69) is 17.4 Å². The molecule has 154 valence electrons. The van der Waals surface area contributed by atoms with E-state index in [0.29, 0.717) is 23.4 Å². The predicted octanol–water partition coefficient (Wildman–Crippen LogP) is 4.58. The van der Waals surface area contributed by atoms with Gasteiger partial charge in [0.05, 0.1) is 18.4 Å². The number of hydrogen-bond acceptors (Lipinski definition) is 4. The molecule has 0 bridgehead atoms. The molecule has 3 aromatic rings. The molecule has 0 atom stereocenters. The highest BCUT2D eigenvalue weighted by Crippen LogP contribution is 2.25. The molecule has 0 radical (unpaired) electrons. The summed E-state index contributed by atoms with van der Waals surface area (Å²) >= 11 is 0. The maximum absolute atomic E-state index is 12.6. The standard InChI is InChI=1S/C25H25NO4/c1-18-12-15-23(29-2)22(16-18)26-24(27)17-30-25(28)21-11-7-6-10-20(21)14-13-19-8-4-3-5-9-19/h3-12,15-16H,13-14,17H2,1-2H3,(H,26,27). The van der Waals surface area contributed by atoms with E-state index in [1.807, 2.05) is 43.3 Å². The second-order valence-corrected chi connectivity index (χ2v) is 6.97. The Morgan fingerprint density at radius 3 is 2.40 bits per heavy atom. The van der Waals surface area contributed by atoms with Crippen molar-refractivity contribution in [2.24, 2.45) is 0 Å². The molecule has 5 heteroatoms. The monoisotopic (exact) mass is 403 g/mol. The van der Waals surface area contributed by atoms with Gasteiger partial charge in [0.1, 0.15) is 5.75 Å². The van der Waals surface area contributed by atoms with E-state index in [1.54, 1.807) is 24.3 Å². The zero-order valence-electron chi connectivity index (χ0n) is 17.2. The van der Waals surface area contributed by atoms with E-state index in [4.69, 9.17) is 9.47 Å². The van der Waals surface area contributed by atoms with Crippen LogP contribution >= 0.6 is 0 Å². The van der Waals surface area contributed by atoms with Gasteiger partial charge in [-0.25, -0.2) is 4.79 Å². The number of nitrogens with one attached hydrogen (secondary N) is 1. The first-order valence-corrected chi connectivity index (χ1v) is 9.80. The minimum absolute atomic E-state index is 0.372. The van der Waals surface area contributed by atoms with Gasteiger partial charge in [0.2, 0.25) is 0 Å². The fourth-order valence-corrected chi connectivity index (χ4v) is 3.18. The van der Waals surface area contributed by atoms with Gasteiger partial charge in [-0.15, -0.1) is 0 Å². The zero-order valence-corrected chi connectivity index (χ0v) is 17.2. The van der Waals surface area contributed by atoms with Crippen molar-refractivity contribution in [2.75, 3.05) is 19.0 Å². The molecular weight excluding hydrogens is 378 g/mol. The summed E-state index contributed by atoms with van der Waals surface area (Å²) in [5.41, 5.74) is 4.10. The molecule has 0 aliphatic heterocycles. The van der Waals surface area contributed by atoms with Crippen LogP contribution in [0.1, 0.15) is 27.0 Å². The van der Waals surface area contributed by atoms with Crippen molar-refractivity contribution in [3.05, 3.63) is 95.1 Å². The molecule has 0 heterocycles. The summed E-state index contributed by atoms with van der Waals surface area (Å²) in [6.07, 6.45) is 1.53. The summed E-state index contributed by atoms with van der Waals surface area (Å²) in [5.74, 6) is -0.384. The smallest absolute Gasteiger partial charge is 0.338 e. The molecule has 1 N–H and O–H groups in total. The lowest BCUT2D eigenvalue weighted by atomic mass is 10.00. The molecule has 30 heavy (non-hydrogen) atoms. The summed E-state index contributed by atoms with van der Waals surface area (Å²) in [6, 6.07) is 22.9. The summed E-state index contributed by atoms with van der Waals surface area (Å²) in [5, 5.41) is 2.73. The number of amides is 1. The van der Waals surface area contributed by atoms with Crippen LogP contribution in [0.4, 0.5) is 5.69 Å². The minimum atomic E-state index is -0.509. The van der Waals surface area contributed by atoms with Gasteiger partial charge in [-0.2, -0.15) is 0 Å². The molecule has 0 fully saturated rings. The summed E-state index contributed by atoms with van der Waals surface area (Å²) in [7, 11) is 1.53. The number of esters is 1. The maximum Gasteiger partial charge on any atom is 0.338 e. The number of carbonyl (C=O) groups is 2. The lowest BCUT2D eigenvalue weighted by Crippen LogP contribution is -2.21. The molecule has 0 saturated heterocycles. The number of methoxy groups -OCH3 is 1. The zero-order chi connectivity index (χ0) is 21.3. The molecule has 3 aromatic carbocycles. The molecule has 0 unspecified atom stereocenters. The second kappa shape index (κ2) is 10.3. The van der Waals surface area contributed by atoms with Crippen LogP contribution in [0.2, 0.25) is 0 Å². The van der Waals surface area contributed by atoms with Crippen molar-refractivity contribution >= 4 is 17.6 Å². The number of rotatable bonds is 8. The normalized spacial score (nSPS) is 10.3. The van der Waals surface area contributed by atoms with Crippen LogP contribution in [0.5, 0.6) is 5.75 Å². The average molecular weight is 403 g/mol. The van der Waals surface area contributed by atoms with Gasteiger partial charge in [-0.3, -0.25) is 4.79 Å². The highest BCUT2D eigenvalue weighted by molar-refractivity contribution is 5.97. The van der Waals surface area contributed by atoms with Crippen LogP contribution in [-0.2, 0) is 22.4 Å². The first kappa shape index (κ1) is 21.1. The molecule has 0 saturated carbocycles. The first-order valence-electron chi connectivity index (χ1n) is 9.80. The van der Waals surface area contributed by atoms with E-state index in [0.717, 1.165) is 17.5 Å². The van der Waals surface area contributed by atoms with Crippen LogP contribution in [-0.4, -0.2) is 25.6 Å². The van der Waals surface area contributed by atoms with Gasteiger partial charge in [0.25, 0.3) is 5.91 Å². The Hall–Kier alpha value is -3.60. The SMILES string of the molecule is COc1ccc(C)cc1NC(=O)COC(=O)c1ccccc1CCc1ccccc1. The van der Waals surface area contributed by atoms with E-state index in [1.165, 1.54) is 12.7 Å². The highest BCUT2D eigenvalue weighted by Gasteiger charge is 2.15. The average Bonchev–Trinajstić information content (AvgIpc) is 2.77. The molecule has 0 aliphatic carbocycles. The third-order valence-corrected chi connectivity index (χ3v) is 4.73. The Kier molecular flexibility index (Phi) is 7.22. The van der Waals surface area contributed by atoms with Crippen molar-refractivity contribution < 1.29 is 19.1 Å². The summed E-state index contributed by atoms with van der Waals surface area (Å²) in [6.45, 7) is 1.55. The number of hydrogen-bond donors (Lipinski definition) is 1. The number of benzene rings is 3. The van der Waals surface area contributed by atoms with Gasteiger partial charge < -0.3 is 14.8 Å². The maximum atomic E-state index is 12.6. The van der Waals surface area contributed by atoms with E-state index < -0.39 is 11.9 Å². The van der Waals surface area contributed by atoms with E-state index in [9.17, 15) is 9.59 Å². The van der Waals surface area contributed by atoms with Crippen LogP contribution in [0.25, 0.3) is 0 Å². The molecule has 0 spiro atoms. The van der Waals surface area contributed by atoms with Gasteiger partial charge in [-0.05, 0) is 54.7 Å². The summed E-state index contributed by atoms with van der Waals surface area (Å²) < 4.78 is 10.5. The largest absolute Gasteiger partial charge is 0.495 e. The van der Waals surface area contributed by atoms with Gasteiger partial charge in [0, 0.05) is 0 Å². The lowest BCUT2D eigenvalue weighted by Gasteiger charge is -2.12. The van der Waals surface area contributed by atoms with Crippen LogP contribution in [0.3, 0.4) is 0 Å². The van der Waals surface area contributed by atoms with Crippen LogP contribution in [0.15, 0.2) is 72.8 Å². The molecule has 0 aromatic heterocycles. The topological polar surface area (TPSA) is 64.6 Å². The fraction of sp³-hybridized carbons (Fsp3) is 0.200. The second-order valence-electron chi connectivity index (χ2n) is 6.97. The third kappa shape index (κ3) is 5.70. The van der Waals surface area contributed by atoms with E-state index >= 15 is 0 Å². The Labute approximate surface area is 176 Å². The number of carbonyl (C=O) groups excluding carboxylic acids is 2. The lowest BCUT2D eigenvalue weighted by molar-refractivity contribution is -0.119. The minimum Gasteiger partial charge on any atom is -0.495 e. The number of anilines is 1. The van der Waals surface area contributed by atoms with Gasteiger partial charge in [0.15, 0.2) is 6.61 Å². The predicted molar refractivity (Wildman–Crippen MR) is 117 cm³/mol. The highest BCUT2D eigenvalue weighted by atomic mass is 16.5. The number of ether oxygens (including phenoxy) is 2. The third-order valence-electron chi connectivity index (χ3n) is 4.73. The van der Waals surface area contributed by atoms with Crippen molar-refractivity contribution in [1.29, 1.82) is 0 Å². The number of aryl methyl sites for hydroxylation is 3. The Morgan fingerprint density at radius 1 is 0.900 bits per heavy atom. The Morgan fingerprint density at radius 2 is 1.63 bits per heavy atom. The van der Waals surface area contributed by atoms with Crippen molar-refractivity contribution in [3.63, 3.8) is 0 Å². The Balaban J connectivity index is 1.60. The van der Waals surface area contributed by atoms with Crippen LogP contribution < -0.4 is 10.1 Å². The quantitative estimate of drug-likeness (QED) is 0.559. The first-order chi connectivity index (χ1) is 14.6. The van der Waals surface area contributed by atoms with E-state index in [-0.39, 0.29) is 6.61 Å². The molecule has 3 rings (SSSR count). The van der Waals surface area contributed by atoms with Crippen molar-refractivity contribution in [2.45, 2.75) is 19.8 Å². The fourth-order valence-electron chi connectivity index (χ4n) is 3.18. The molecule has 0 aliphatic rings. The van der Waals surface area contributed by atoms with Gasteiger partial charge >= 0.3 is 5.97 Å². The Bertz CT molecular complexity index is 1010. The van der Waals surface area contributed by atoms with Crippen molar-refractivity contribution in [3.8, 4) is 5.75 Å². The molecular formula is C25H25NO4. The summed E-state index contributed by atoms with van der Waals surface area (Å²) in [4.78, 5) is 24.9. The van der Waals surface area contributed by atoms with Crippen LogP contribution in [0, 0.1) is 6.92 Å². The molecule has 5 nitrogen and oxygen atoms in total. The van der Waals surface area contributed by atoms with Crippen molar-refractivity contribution in [1.82, 2.24) is 0 Å².